The minimum atomic E-state index is -0.483. The Hall–Kier alpha value is -2.83. The molecule has 0 bridgehead atoms. The first kappa shape index (κ1) is 12.6. The molecule has 0 unspecified atom stereocenters. The van der Waals surface area contributed by atoms with Crippen molar-refractivity contribution in [3.05, 3.63) is 52.8 Å². The Bertz CT molecular complexity index is 598. The Morgan fingerprint density at radius 1 is 1.32 bits per heavy atom. The number of pyridine rings is 1. The number of nitro groups is 1. The Morgan fingerprint density at radius 3 is 2.58 bits per heavy atom. The van der Waals surface area contributed by atoms with Crippen molar-refractivity contribution < 1.29 is 19.6 Å². The highest BCUT2D eigenvalue weighted by atomic mass is 16.6. The maximum Gasteiger partial charge on any atom is 0.305 e. The van der Waals surface area contributed by atoms with Crippen molar-refractivity contribution in [3.8, 4) is 5.75 Å². The zero-order valence-corrected chi connectivity index (χ0v) is 10.1. The molecule has 1 aromatic carbocycles. The normalized spacial score (nSPS) is 9.95. The van der Waals surface area contributed by atoms with Gasteiger partial charge in [-0.2, -0.15) is 0 Å². The maximum atomic E-state index is 10.9. The van der Waals surface area contributed by atoms with E-state index in [1.165, 1.54) is 42.4 Å². The standard InChI is InChI=1S/C12H11N3O4/c1-19-14-7-6-12(15(17)18)11(8-14)13-9-2-4-10(16)5-3-9/h2-8,13H,1H3/p+1. The largest absolute Gasteiger partial charge is 0.508 e. The Balaban J connectivity index is 2.36. The zero-order valence-electron chi connectivity index (χ0n) is 10.1. The first-order valence-electron chi connectivity index (χ1n) is 5.40. The monoisotopic (exact) mass is 262 g/mol. The Morgan fingerprint density at radius 2 is 2.00 bits per heavy atom. The van der Waals surface area contributed by atoms with Gasteiger partial charge in [-0.05, 0) is 24.3 Å². The molecule has 0 spiro atoms. The molecule has 0 aliphatic rings. The third kappa shape index (κ3) is 2.89. The lowest BCUT2D eigenvalue weighted by Gasteiger charge is -2.05. The van der Waals surface area contributed by atoms with Gasteiger partial charge < -0.3 is 10.4 Å². The van der Waals surface area contributed by atoms with Crippen molar-refractivity contribution in [2.24, 2.45) is 0 Å². The molecule has 2 rings (SSSR count). The van der Waals surface area contributed by atoms with Crippen LogP contribution in [0.2, 0.25) is 0 Å². The highest BCUT2D eigenvalue weighted by molar-refractivity contribution is 5.67. The summed E-state index contributed by atoms with van der Waals surface area (Å²) in [6.07, 6.45) is 2.91. The van der Waals surface area contributed by atoms with Crippen LogP contribution in [-0.2, 0) is 0 Å². The number of hydrogen-bond donors (Lipinski definition) is 2. The van der Waals surface area contributed by atoms with E-state index in [9.17, 15) is 15.2 Å². The van der Waals surface area contributed by atoms with Crippen molar-refractivity contribution in [1.29, 1.82) is 0 Å². The lowest BCUT2D eigenvalue weighted by Crippen LogP contribution is -2.39. The van der Waals surface area contributed by atoms with Crippen molar-refractivity contribution in [2.75, 3.05) is 12.4 Å². The van der Waals surface area contributed by atoms with E-state index in [0.717, 1.165) is 0 Å². The summed E-state index contributed by atoms with van der Waals surface area (Å²) in [5.74, 6) is 0.125. The second kappa shape index (κ2) is 5.21. The molecular formula is C12H12N3O4+. The van der Waals surface area contributed by atoms with Crippen LogP contribution in [-0.4, -0.2) is 17.1 Å². The summed E-state index contributed by atoms with van der Waals surface area (Å²) in [7, 11) is 1.45. The number of rotatable bonds is 4. The van der Waals surface area contributed by atoms with Gasteiger partial charge in [0.2, 0.25) is 6.20 Å². The fraction of sp³-hybridized carbons (Fsp3) is 0.0833. The predicted molar refractivity (Wildman–Crippen MR) is 67.2 cm³/mol. The van der Waals surface area contributed by atoms with E-state index in [-0.39, 0.29) is 11.4 Å². The molecule has 7 heteroatoms. The van der Waals surface area contributed by atoms with Gasteiger partial charge in [0, 0.05) is 10.4 Å². The van der Waals surface area contributed by atoms with Crippen LogP contribution in [0, 0.1) is 10.1 Å². The number of hydrogen-bond acceptors (Lipinski definition) is 5. The number of anilines is 2. The van der Waals surface area contributed by atoms with Gasteiger partial charge >= 0.3 is 5.69 Å². The molecular weight excluding hydrogens is 250 g/mol. The minimum absolute atomic E-state index is 0.0682. The Labute approximate surface area is 108 Å². The van der Waals surface area contributed by atoms with E-state index in [2.05, 4.69) is 5.32 Å². The van der Waals surface area contributed by atoms with Crippen LogP contribution >= 0.6 is 0 Å². The second-order valence-corrected chi connectivity index (χ2v) is 3.72. The first-order chi connectivity index (χ1) is 9.10. The molecule has 7 nitrogen and oxygen atoms in total. The van der Waals surface area contributed by atoms with E-state index in [1.807, 2.05) is 0 Å². The number of aromatic hydroxyl groups is 1. The molecule has 1 aromatic heterocycles. The summed E-state index contributed by atoms with van der Waals surface area (Å²) in [6, 6.07) is 7.54. The zero-order chi connectivity index (χ0) is 13.8. The molecule has 0 aliphatic heterocycles. The molecule has 0 amide bonds. The molecule has 2 N–H and O–H groups in total. The van der Waals surface area contributed by atoms with Gasteiger partial charge in [0.1, 0.15) is 12.9 Å². The summed E-state index contributed by atoms with van der Waals surface area (Å²) >= 11 is 0. The van der Waals surface area contributed by atoms with Gasteiger partial charge in [-0.25, -0.2) is 0 Å². The van der Waals surface area contributed by atoms with E-state index < -0.39 is 4.92 Å². The van der Waals surface area contributed by atoms with Crippen LogP contribution in [0.5, 0.6) is 5.75 Å². The minimum Gasteiger partial charge on any atom is -0.508 e. The van der Waals surface area contributed by atoms with Crippen LogP contribution < -0.4 is 14.9 Å². The van der Waals surface area contributed by atoms with E-state index >= 15 is 0 Å². The molecule has 0 fully saturated rings. The van der Waals surface area contributed by atoms with Crippen molar-refractivity contribution in [3.63, 3.8) is 0 Å². The van der Waals surface area contributed by atoms with Gasteiger partial charge in [0.25, 0.3) is 6.20 Å². The van der Waals surface area contributed by atoms with Crippen LogP contribution in [0.4, 0.5) is 17.1 Å². The lowest BCUT2D eigenvalue weighted by atomic mass is 10.2. The number of aromatic nitrogens is 1. The van der Waals surface area contributed by atoms with Crippen LogP contribution in [0.25, 0.3) is 0 Å². The summed E-state index contributed by atoms with van der Waals surface area (Å²) in [4.78, 5) is 15.4. The number of nitrogens with one attached hydrogen (secondary N) is 1. The number of benzene rings is 1. The summed E-state index contributed by atoms with van der Waals surface area (Å²) in [5, 5.41) is 23.0. The highest BCUT2D eigenvalue weighted by Crippen LogP contribution is 2.26. The first-order valence-corrected chi connectivity index (χ1v) is 5.40. The SMILES string of the molecule is CO[n+]1ccc([N+](=O)[O-])c(Nc2ccc(O)cc2)c1. The van der Waals surface area contributed by atoms with E-state index in [1.54, 1.807) is 12.1 Å². The maximum absolute atomic E-state index is 10.9. The molecule has 0 atom stereocenters. The molecule has 0 aliphatic carbocycles. The molecule has 2 aromatic rings. The smallest absolute Gasteiger partial charge is 0.305 e. The summed E-state index contributed by atoms with van der Waals surface area (Å²) in [5.41, 5.74) is 0.844. The van der Waals surface area contributed by atoms with Gasteiger partial charge in [0.05, 0.1) is 11.0 Å². The summed E-state index contributed by atoms with van der Waals surface area (Å²) < 4.78 is 1.34. The van der Waals surface area contributed by atoms with Gasteiger partial charge in [-0.3, -0.25) is 15.0 Å². The van der Waals surface area contributed by atoms with Crippen molar-refractivity contribution in [1.82, 2.24) is 0 Å². The third-order valence-corrected chi connectivity index (χ3v) is 2.47. The quantitative estimate of drug-likeness (QED) is 0.376. The van der Waals surface area contributed by atoms with Crippen LogP contribution in [0.15, 0.2) is 42.7 Å². The van der Waals surface area contributed by atoms with Crippen LogP contribution in [0.3, 0.4) is 0 Å². The van der Waals surface area contributed by atoms with Crippen molar-refractivity contribution >= 4 is 17.1 Å². The van der Waals surface area contributed by atoms with E-state index in [0.29, 0.717) is 11.4 Å². The number of nitrogens with zero attached hydrogens (tertiary/aromatic N) is 2. The third-order valence-electron chi connectivity index (χ3n) is 2.47. The topological polar surface area (TPSA) is 88.5 Å². The fourth-order valence-corrected chi connectivity index (χ4v) is 1.54. The molecule has 0 saturated heterocycles. The molecule has 1 heterocycles. The average molecular weight is 262 g/mol. The van der Waals surface area contributed by atoms with Gasteiger partial charge in [-0.15, -0.1) is 0 Å². The van der Waals surface area contributed by atoms with Gasteiger partial charge in [0.15, 0.2) is 5.69 Å². The molecule has 0 saturated carbocycles. The molecule has 19 heavy (non-hydrogen) atoms. The number of phenols is 1. The summed E-state index contributed by atoms with van der Waals surface area (Å²) in [6.45, 7) is 0. The van der Waals surface area contributed by atoms with E-state index in [4.69, 9.17) is 4.84 Å². The van der Waals surface area contributed by atoms with Crippen LogP contribution in [0.1, 0.15) is 0 Å². The predicted octanol–water partition coefficient (Wildman–Crippen LogP) is 1.39. The average Bonchev–Trinajstić information content (AvgIpc) is 2.41. The molecule has 98 valence electrons. The molecule has 0 radical (unpaired) electrons. The fourth-order valence-electron chi connectivity index (χ4n) is 1.54. The lowest BCUT2D eigenvalue weighted by molar-refractivity contribution is -0.885. The van der Waals surface area contributed by atoms with Gasteiger partial charge in [-0.1, -0.05) is 0 Å². The number of phenolic OH excluding ortho intramolecular Hbond substituents is 1. The van der Waals surface area contributed by atoms with Crippen molar-refractivity contribution in [2.45, 2.75) is 0 Å². The second-order valence-electron chi connectivity index (χ2n) is 3.72. The highest BCUT2D eigenvalue weighted by Gasteiger charge is 2.19. The Kier molecular flexibility index (Phi) is 3.46.